The summed E-state index contributed by atoms with van der Waals surface area (Å²) >= 11 is 3.47. The molecule has 0 aliphatic heterocycles. The highest BCUT2D eigenvalue weighted by Crippen LogP contribution is 2.26. The molecule has 1 aliphatic rings. The lowest BCUT2D eigenvalue weighted by Gasteiger charge is -2.28. The van der Waals surface area contributed by atoms with E-state index >= 15 is 0 Å². The third-order valence-electron chi connectivity index (χ3n) is 3.98. The van der Waals surface area contributed by atoms with Crippen molar-refractivity contribution in [2.24, 2.45) is 5.92 Å². The Morgan fingerprint density at radius 3 is 2.78 bits per heavy atom. The number of hydrogen-bond donors (Lipinski definition) is 1. The minimum Gasteiger partial charge on any atom is -0.310 e. The van der Waals surface area contributed by atoms with Crippen LogP contribution in [-0.2, 0) is 6.54 Å². The van der Waals surface area contributed by atoms with E-state index in [0.29, 0.717) is 6.04 Å². The van der Waals surface area contributed by atoms with E-state index in [-0.39, 0.29) is 5.82 Å². The van der Waals surface area contributed by atoms with Gasteiger partial charge in [0, 0.05) is 17.1 Å². The van der Waals surface area contributed by atoms with Gasteiger partial charge in [0.2, 0.25) is 0 Å². The minimum absolute atomic E-state index is 0.166. The molecule has 1 saturated carbocycles. The second-order valence-corrected chi connectivity index (χ2v) is 6.16. The quantitative estimate of drug-likeness (QED) is 0.853. The van der Waals surface area contributed by atoms with Gasteiger partial charge in [-0.3, -0.25) is 0 Å². The Morgan fingerprint density at radius 1 is 1.33 bits per heavy atom. The van der Waals surface area contributed by atoms with Gasteiger partial charge in [0.1, 0.15) is 5.82 Å². The molecule has 1 N–H and O–H groups in total. The standard InChI is InChI=1S/C15H21BrFN/c1-11(12-5-3-2-4-6-12)18-10-13-9-14(17)7-8-15(13)16/h7-9,11-12,18H,2-6,10H2,1H3/t11-/m1/s1. The van der Waals surface area contributed by atoms with Crippen LogP contribution < -0.4 is 5.32 Å². The highest BCUT2D eigenvalue weighted by atomic mass is 79.9. The van der Waals surface area contributed by atoms with Crippen LogP contribution in [0, 0.1) is 11.7 Å². The normalized spacial score (nSPS) is 18.8. The number of hydrogen-bond acceptors (Lipinski definition) is 1. The van der Waals surface area contributed by atoms with Crippen molar-refractivity contribution in [3.8, 4) is 0 Å². The fourth-order valence-corrected chi connectivity index (χ4v) is 3.14. The fourth-order valence-electron chi connectivity index (χ4n) is 2.75. The molecule has 18 heavy (non-hydrogen) atoms. The van der Waals surface area contributed by atoms with Gasteiger partial charge in [0.15, 0.2) is 0 Å². The van der Waals surface area contributed by atoms with Crippen molar-refractivity contribution in [1.82, 2.24) is 5.32 Å². The van der Waals surface area contributed by atoms with Gasteiger partial charge < -0.3 is 5.32 Å². The minimum atomic E-state index is -0.166. The zero-order valence-corrected chi connectivity index (χ0v) is 12.5. The van der Waals surface area contributed by atoms with Gasteiger partial charge in [-0.2, -0.15) is 0 Å². The summed E-state index contributed by atoms with van der Waals surface area (Å²) in [6, 6.07) is 5.38. The topological polar surface area (TPSA) is 12.0 Å². The maximum absolute atomic E-state index is 13.2. The monoisotopic (exact) mass is 313 g/mol. The van der Waals surface area contributed by atoms with Gasteiger partial charge in [0.05, 0.1) is 0 Å². The smallest absolute Gasteiger partial charge is 0.123 e. The first-order chi connectivity index (χ1) is 8.66. The Bertz CT molecular complexity index is 388. The van der Waals surface area contributed by atoms with Crippen LogP contribution >= 0.6 is 15.9 Å². The van der Waals surface area contributed by atoms with E-state index in [1.165, 1.54) is 38.2 Å². The Kier molecular flexibility index (Phi) is 5.19. The highest BCUT2D eigenvalue weighted by Gasteiger charge is 2.19. The van der Waals surface area contributed by atoms with E-state index in [0.717, 1.165) is 22.5 Å². The van der Waals surface area contributed by atoms with E-state index in [9.17, 15) is 4.39 Å². The first-order valence-electron chi connectivity index (χ1n) is 6.84. The molecule has 2 rings (SSSR count). The molecular weight excluding hydrogens is 293 g/mol. The van der Waals surface area contributed by atoms with Crippen molar-refractivity contribution < 1.29 is 4.39 Å². The van der Waals surface area contributed by atoms with Crippen molar-refractivity contribution in [3.63, 3.8) is 0 Å². The maximum Gasteiger partial charge on any atom is 0.123 e. The van der Waals surface area contributed by atoms with Crippen LogP contribution in [0.2, 0.25) is 0 Å². The lowest BCUT2D eigenvalue weighted by atomic mass is 9.84. The van der Waals surface area contributed by atoms with Crippen LogP contribution in [-0.4, -0.2) is 6.04 Å². The predicted molar refractivity (Wildman–Crippen MR) is 77.0 cm³/mol. The molecule has 0 radical (unpaired) electrons. The van der Waals surface area contributed by atoms with Crippen molar-refractivity contribution in [2.75, 3.05) is 0 Å². The summed E-state index contributed by atoms with van der Waals surface area (Å²) in [7, 11) is 0. The molecule has 0 aromatic heterocycles. The van der Waals surface area contributed by atoms with Gasteiger partial charge in [-0.1, -0.05) is 35.2 Å². The van der Waals surface area contributed by atoms with E-state index in [1.807, 2.05) is 0 Å². The lowest BCUT2D eigenvalue weighted by molar-refractivity contribution is 0.280. The SMILES string of the molecule is C[C@@H](NCc1cc(F)ccc1Br)C1CCCCC1. The largest absolute Gasteiger partial charge is 0.310 e. The summed E-state index contributed by atoms with van der Waals surface area (Å²) in [6.45, 7) is 2.99. The third kappa shape index (κ3) is 3.79. The summed E-state index contributed by atoms with van der Waals surface area (Å²) in [5.74, 6) is 0.617. The molecule has 1 aromatic rings. The summed E-state index contributed by atoms with van der Waals surface area (Å²) in [5, 5.41) is 3.54. The van der Waals surface area contributed by atoms with Crippen molar-refractivity contribution >= 4 is 15.9 Å². The second-order valence-electron chi connectivity index (χ2n) is 5.30. The third-order valence-corrected chi connectivity index (χ3v) is 4.75. The zero-order valence-electron chi connectivity index (χ0n) is 10.9. The van der Waals surface area contributed by atoms with Crippen LogP contribution in [0.15, 0.2) is 22.7 Å². The molecular formula is C15H21BrFN. The molecule has 1 aromatic carbocycles. The molecule has 0 heterocycles. The Hall–Kier alpha value is -0.410. The summed E-state index contributed by atoms with van der Waals surface area (Å²) < 4.78 is 14.2. The summed E-state index contributed by atoms with van der Waals surface area (Å²) in [6.07, 6.45) is 6.77. The molecule has 0 bridgehead atoms. The van der Waals surface area contributed by atoms with Gasteiger partial charge in [-0.05, 0) is 49.4 Å². The van der Waals surface area contributed by atoms with Crippen LogP contribution in [0.1, 0.15) is 44.6 Å². The fraction of sp³-hybridized carbons (Fsp3) is 0.600. The number of benzene rings is 1. The van der Waals surface area contributed by atoms with E-state index in [1.54, 1.807) is 12.1 Å². The van der Waals surface area contributed by atoms with Crippen LogP contribution in [0.5, 0.6) is 0 Å². The van der Waals surface area contributed by atoms with Gasteiger partial charge in [-0.25, -0.2) is 4.39 Å². The molecule has 1 atom stereocenters. The van der Waals surface area contributed by atoms with E-state index in [2.05, 4.69) is 28.2 Å². The molecule has 0 spiro atoms. The number of nitrogens with one attached hydrogen (secondary N) is 1. The molecule has 1 fully saturated rings. The van der Waals surface area contributed by atoms with Crippen LogP contribution in [0.25, 0.3) is 0 Å². The maximum atomic E-state index is 13.2. The van der Waals surface area contributed by atoms with E-state index in [4.69, 9.17) is 0 Å². The van der Waals surface area contributed by atoms with Crippen molar-refractivity contribution in [1.29, 1.82) is 0 Å². The second kappa shape index (κ2) is 6.67. The molecule has 0 amide bonds. The van der Waals surface area contributed by atoms with Crippen molar-refractivity contribution in [2.45, 2.75) is 51.6 Å². The van der Waals surface area contributed by atoms with Gasteiger partial charge >= 0.3 is 0 Å². The Balaban J connectivity index is 1.88. The molecule has 1 aliphatic carbocycles. The zero-order chi connectivity index (χ0) is 13.0. The molecule has 3 heteroatoms. The van der Waals surface area contributed by atoms with Gasteiger partial charge in [-0.15, -0.1) is 0 Å². The molecule has 0 saturated heterocycles. The number of halogens is 2. The van der Waals surface area contributed by atoms with Gasteiger partial charge in [0.25, 0.3) is 0 Å². The van der Waals surface area contributed by atoms with Crippen molar-refractivity contribution in [3.05, 3.63) is 34.1 Å². The Morgan fingerprint density at radius 2 is 2.06 bits per heavy atom. The molecule has 100 valence electrons. The Labute approximate surface area is 117 Å². The molecule has 0 unspecified atom stereocenters. The van der Waals surface area contributed by atoms with E-state index < -0.39 is 0 Å². The first kappa shape index (κ1) is 14.0. The summed E-state index contributed by atoms with van der Waals surface area (Å²) in [5.41, 5.74) is 0.998. The highest BCUT2D eigenvalue weighted by molar-refractivity contribution is 9.10. The average molecular weight is 314 g/mol. The summed E-state index contributed by atoms with van der Waals surface area (Å²) in [4.78, 5) is 0. The average Bonchev–Trinajstić information content (AvgIpc) is 2.40. The lowest BCUT2D eigenvalue weighted by Crippen LogP contribution is -2.34. The van der Waals surface area contributed by atoms with Crippen LogP contribution in [0.4, 0.5) is 4.39 Å². The first-order valence-corrected chi connectivity index (χ1v) is 7.63. The predicted octanol–water partition coefficient (Wildman–Crippen LogP) is 4.65. The number of rotatable bonds is 4. The van der Waals surface area contributed by atoms with Crippen LogP contribution in [0.3, 0.4) is 0 Å². The molecule has 1 nitrogen and oxygen atoms in total.